The molecule has 1 aromatic rings. The highest BCUT2D eigenvalue weighted by molar-refractivity contribution is 5.16. The van der Waals surface area contributed by atoms with E-state index in [-0.39, 0.29) is 6.10 Å². The fourth-order valence-corrected chi connectivity index (χ4v) is 1.10. The summed E-state index contributed by atoms with van der Waals surface area (Å²) in [7, 11) is 0. The summed E-state index contributed by atoms with van der Waals surface area (Å²) in [5, 5.41) is 9.02. The fourth-order valence-electron chi connectivity index (χ4n) is 1.10. The van der Waals surface area contributed by atoms with Crippen molar-refractivity contribution in [3.63, 3.8) is 0 Å². The lowest BCUT2D eigenvalue weighted by Gasteiger charge is -2.14. The Kier molecular flexibility index (Phi) is 3.93. The Morgan fingerprint density at radius 1 is 1.23 bits per heavy atom. The monoisotopic (exact) mass is 180 g/mol. The van der Waals surface area contributed by atoms with Gasteiger partial charge in [-0.05, 0) is 19.4 Å². The zero-order chi connectivity index (χ0) is 9.68. The second-order valence-corrected chi connectivity index (χ2v) is 3.24. The Morgan fingerprint density at radius 2 is 1.85 bits per heavy atom. The minimum Gasteiger partial charge on any atom is -0.391 e. The largest absolute Gasteiger partial charge is 0.391 e. The van der Waals surface area contributed by atoms with Gasteiger partial charge in [0.2, 0.25) is 0 Å². The third-order valence-corrected chi connectivity index (χ3v) is 1.86. The smallest absolute Gasteiger partial charge is 0.0798 e. The van der Waals surface area contributed by atoms with Gasteiger partial charge in [-0.1, -0.05) is 30.3 Å². The van der Waals surface area contributed by atoms with E-state index in [9.17, 15) is 0 Å². The lowest BCUT2D eigenvalue weighted by molar-refractivity contribution is 0.00449. The van der Waals surface area contributed by atoms with Crippen molar-refractivity contribution in [2.75, 3.05) is 6.61 Å². The molecule has 0 aliphatic heterocycles. The number of aliphatic hydroxyl groups excluding tert-OH is 1. The van der Waals surface area contributed by atoms with Crippen molar-refractivity contribution in [1.82, 2.24) is 0 Å². The molecule has 0 aliphatic carbocycles. The third kappa shape index (κ3) is 3.57. The maximum absolute atomic E-state index is 9.02. The van der Waals surface area contributed by atoms with Gasteiger partial charge in [-0.2, -0.15) is 0 Å². The molecule has 0 heterocycles. The summed E-state index contributed by atoms with van der Waals surface area (Å²) in [5.41, 5.74) is 1.14. The van der Waals surface area contributed by atoms with Gasteiger partial charge in [0.25, 0.3) is 0 Å². The molecular weight excluding hydrogens is 164 g/mol. The predicted octanol–water partition coefficient (Wildman–Crippen LogP) is 2.14. The number of rotatable bonds is 4. The second kappa shape index (κ2) is 5.00. The Bertz CT molecular complexity index is 231. The number of hydrogen-bond acceptors (Lipinski definition) is 2. The van der Waals surface area contributed by atoms with Crippen LogP contribution in [0.1, 0.15) is 25.5 Å². The summed E-state index contributed by atoms with van der Waals surface area (Å²) in [6.45, 7) is 4.09. The van der Waals surface area contributed by atoms with E-state index in [0.717, 1.165) is 5.56 Å². The number of hydrogen-bond donors (Lipinski definition) is 1. The van der Waals surface area contributed by atoms with Crippen LogP contribution in [0.3, 0.4) is 0 Å². The van der Waals surface area contributed by atoms with E-state index in [2.05, 4.69) is 0 Å². The molecule has 0 spiro atoms. The maximum Gasteiger partial charge on any atom is 0.0798 e. The van der Waals surface area contributed by atoms with Crippen LogP contribution in [-0.4, -0.2) is 17.8 Å². The Balaban J connectivity index is 2.44. The number of ether oxygens (including phenoxy) is 1. The summed E-state index contributed by atoms with van der Waals surface area (Å²) in [6.07, 6.45) is -0.345. The van der Waals surface area contributed by atoms with Crippen LogP contribution in [0.5, 0.6) is 0 Å². The zero-order valence-corrected chi connectivity index (χ0v) is 8.10. The molecule has 2 heteroatoms. The van der Waals surface area contributed by atoms with Gasteiger partial charge in [-0.15, -0.1) is 0 Å². The molecule has 0 bridgehead atoms. The van der Waals surface area contributed by atoms with Crippen molar-refractivity contribution < 1.29 is 9.84 Å². The van der Waals surface area contributed by atoms with Crippen LogP contribution in [0.4, 0.5) is 0 Å². The van der Waals surface area contributed by atoms with Gasteiger partial charge >= 0.3 is 0 Å². The van der Waals surface area contributed by atoms with E-state index in [1.165, 1.54) is 0 Å². The van der Waals surface area contributed by atoms with Crippen LogP contribution in [0, 0.1) is 0 Å². The Morgan fingerprint density at radius 3 is 2.38 bits per heavy atom. The maximum atomic E-state index is 9.02. The van der Waals surface area contributed by atoms with Crippen molar-refractivity contribution >= 4 is 0 Å². The van der Waals surface area contributed by atoms with E-state index in [1.807, 2.05) is 37.3 Å². The van der Waals surface area contributed by atoms with Gasteiger partial charge in [-0.25, -0.2) is 0 Å². The molecule has 0 saturated heterocycles. The lowest BCUT2D eigenvalue weighted by atomic mass is 10.1. The predicted molar refractivity (Wildman–Crippen MR) is 52.5 cm³/mol. The normalized spacial score (nSPS) is 15.3. The van der Waals surface area contributed by atoms with Crippen molar-refractivity contribution in [3.8, 4) is 0 Å². The lowest BCUT2D eigenvalue weighted by Crippen LogP contribution is -2.12. The van der Waals surface area contributed by atoms with Crippen LogP contribution in [-0.2, 0) is 4.74 Å². The number of benzene rings is 1. The molecule has 0 amide bonds. The molecule has 1 rings (SSSR count). The first-order chi connectivity index (χ1) is 6.20. The van der Waals surface area contributed by atoms with Crippen LogP contribution < -0.4 is 0 Å². The Hall–Kier alpha value is -0.860. The molecule has 0 fully saturated rings. The highest BCUT2D eigenvalue weighted by Gasteiger charge is 2.05. The molecule has 72 valence electrons. The summed E-state index contributed by atoms with van der Waals surface area (Å²) >= 11 is 0. The quantitative estimate of drug-likeness (QED) is 0.769. The highest BCUT2D eigenvalue weighted by Crippen LogP contribution is 2.15. The van der Waals surface area contributed by atoms with Gasteiger partial charge < -0.3 is 9.84 Å². The van der Waals surface area contributed by atoms with Crippen LogP contribution in [0.2, 0.25) is 0 Å². The molecule has 2 unspecified atom stereocenters. The molecule has 0 radical (unpaired) electrons. The highest BCUT2D eigenvalue weighted by atomic mass is 16.5. The first-order valence-corrected chi connectivity index (χ1v) is 4.54. The topological polar surface area (TPSA) is 29.5 Å². The molecule has 1 N–H and O–H groups in total. The average molecular weight is 180 g/mol. The average Bonchev–Trinajstić information content (AvgIpc) is 2.15. The van der Waals surface area contributed by atoms with Gasteiger partial charge in [-0.3, -0.25) is 0 Å². The summed E-state index contributed by atoms with van der Waals surface area (Å²) in [5.74, 6) is 0. The Labute approximate surface area is 79.2 Å². The van der Waals surface area contributed by atoms with E-state index in [0.29, 0.717) is 6.61 Å². The van der Waals surface area contributed by atoms with E-state index >= 15 is 0 Å². The van der Waals surface area contributed by atoms with Crippen molar-refractivity contribution in [3.05, 3.63) is 35.9 Å². The molecule has 2 nitrogen and oxygen atoms in total. The van der Waals surface area contributed by atoms with Crippen LogP contribution in [0.25, 0.3) is 0 Å². The summed E-state index contributed by atoms with van der Waals surface area (Å²) in [6, 6.07) is 9.99. The van der Waals surface area contributed by atoms with Crippen molar-refractivity contribution in [1.29, 1.82) is 0 Å². The summed E-state index contributed by atoms with van der Waals surface area (Å²) < 4.78 is 5.44. The molecule has 0 aromatic heterocycles. The van der Waals surface area contributed by atoms with Crippen LogP contribution >= 0.6 is 0 Å². The molecule has 13 heavy (non-hydrogen) atoms. The van der Waals surface area contributed by atoms with Crippen molar-refractivity contribution in [2.24, 2.45) is 0 Å². The van der Waals surface area contributed by atoms with Gasteiger partial charge in [0.1, 0.15) is 0 Å². The van der Waals surface area contributed by atoms with E-state index in [1.54, 1.807) is 6.92 Å². The molecule has 2 atom stereocenters. The molecular formula is C11H16O2. The SMILES string of the molecule is CC(O)COC(C)c1ccccc1. The van der Waals surface area contributed by atoms with Crippen LogP contribution in [0.15, 0.2) is 30.3 Å². The van der Waals surface area contributed by atoms with Gasteiger partial charge in [0.15, 0.2) is 0 Å². The zero-order valence-electron chi connectivity index (χ0n) is 8.10. The first kappa shape index (κ1) is 10.2. The van der Waals surface area contributed by atoms with Crippen molar-refractivity contribution in [2.45, 2.75) is 26.1 Å². The summed E-state index contributed by atoms with van der Waals surface area (Å²) in [4.78, 5) is 0. The molecule has 0 saturated carbocycles. The fraction of sp³-hybridized carbons (Fsp3) is 0.455. The number of aliphatic hydroxyl groups is 1. The standard InChI is InChI=1S/C11H16O2/c1-9(12)8-13-10(2)11-6-4-3-5-7-11/h3-7,9-10,12H,8H2,1-2H3. The minimum absolute atomic E-state index is 0.0517. The molecule has 0 aliphatic rings. The minimum atomic E-state index is -0.397. The first-order valence-electron chi connectivity index (χ1n) is 4.54. The third-order valence-electron chi connectivity index (χ3n) is 1.86. The molecule has 1 aromatic carbocycles. The second-order valence-electron chi connectivity index (χ2n) is 3.24. The van der Waals surface area contributed by atoms with E-state index in [4.69, 9.17) is 9.84 Å². The van der Waals surface area contributed by atoms with Gasteiger partial charge in [0, 0.05) is 0 Å². The van der Waals surface area contributed by atoms with Gasteiger partial charge in [0.05, 0.1) is 18.8 Å². The van der Waals surface area contributed by atoms with E-state index < -0.39 is 6.10 Å².